The molecule has 7 nitrogen and oxygen atoms in total. The van der Waals surface area contributed by atoms with Crippen molar-refractivity contribution in [1.82, 2.24) is 9.71 Å². The van der Waals surface area contributed by atoms with Crippen molar-refractivity contribution in [2.45, 2.75) is 18.4 Å². The summed E-state index contributed by atoms with van der Waals surface area (Å²) in [5, 5.41) is 1.22. The monoisotopic (exact) mass is 427 g/mol. The van der Waals surface area contributed by atoms with Crippen molar-refractivity contribution in [1.29, 1.82) is 0 Å². The molecule has 0 saturated carbocycles. The second-order valence-electron chi connectivity index (χ2n) is 5.84. The number of H-pyrrole nitrogens is 1. The van der Waals surface area contributed by atoms with Crippen molar-refractivity contribution in [2.75, 3.05) is 10.5 Å². The van der Waals surface area contributed by atoms with Crippen LogP contribution in [0.15, 0.2) is 53.6 Å². The molecule has 0 aliphatic heterocycles. The van der Waals surface area contributed by atoms with E-state index in [0.29, 0.717) is 21.8 Å². The number of para-hydroxylation sites is 1. The van der Waals surface area contributed by atoms with Crippen molar-refractivity contribution in [3.8, 4) is 0 Å². The summed E-state index contributed by atoms with van der Waals surface area (Å²) in [5.74, 6) is -0.0162. The van der Waals surface area contributed by atoms with E-state index in [4.69, 9.17) is 11.6 Å². The molecule has 144 valence electrons. The van der Waals surface area contributed by atoms with Gasteiger partial charge in [0, 0.05) is 18.1 Å². The highest BCUT2D eigenvalue weighted by atomic mass is 35.5. The number of halogens is 1. The average Bonchev–Trinajstić information content (AvgIpc) is 3.03. The standard InChI is InChI=1S/C17H18ClN3O4S2/c1-2-26(22,23)20-10-12-6-8-13(9-7-12)27(24,25)21-16-5-3-4-14-15(18)11-19-17(14)16/h3-9,11,19-21H,2,10H2,1H3. The van der Waals surface area contributed by atoms with E-state index in [1.807, 2.05) is 0 Å². The Balaban J connectivity index is 1.80. The summed E-state index contributed by atoms with van der Waals surface area (Å²) in [5.41, 5.74) is 1.64. The predicted molar refractivity (Wildman–Crippen MR) is 107 cm³/mol. The minimum Gasteiger partial charge on any atom is -0.358 e. The number of fused-ring (bicyclic) bond motifs is 1. The van der Waals surface area contributed by atoms with Gasteiger partial charge in [0.05, 0.1) is 26.9 Å². The van der Waals surface area contributed by atoms with Gasteiger partial charge in [-0.3, -0.25) is 4.72 Å². The zero-order valence-electron chi connectivity index (χ0n) is 14.4. The summed E-state index contributed by atoms with van der Waals surface area (Å²) in [6.07, 6.45) is 1.59. The van der Waals surface area contributed by atoms with Gasteiger partial charge < -0.3 is 4.98 Å². The molecular formula is C17H18ClN3O4S2. The first-order chi connectivity index (χ1) is 12.7. The van der Waals surface area contributed by atoms with Gasteiger partial charge in [-0.1, -0.05) is 35.9 Å². The summed E-state index contributed by atoms with van der Waals surface area (Å²) >= 11 is 6.07. The quantitative estimate of drug-likeness (QED) is 0.538. The van der Waals surface area contributed by atoms with E-state index in [1.165, 1.54) is 12.1 Å². The van der Waals surface area contributed by atoms with E-state index < -0.39 is 20.0 Å². The maximum absolute atomic E-state index is 12.7. The lowest BCUT2D eigenvalue weighted by molar-refractivity contribution is 0.582. The first kappa shape index (κ1) is 19.7. The molecule has 0 radical (unpaired) electrons. The number of hydrogen-bond acceptors (Lipinski definition) is 4. The van der Waals surface area contributed by atoms with Gasteiger partial charge in [-0.05, 0) is 30.7 Å². The van der Waals surface area contributed by atoms with E-state index in [-0.39, 0.29) is 17.2 Å². The third kappa shape index (κ3) is 4.44. The van der Waals surface area contributed by atoms with Gasteiger partial charge in [0.25, 0.3) is 10.0 Å². The molecule has 0 atom stereocenters. The van der Waals surface area contributed by atoms with E-state index in [0.717, 1.165) is 5.39 Å². The van der Waals surface area contributed by atoms with Gasteiger partial charge in [-0.2, -0.15) is 0 Å². The van der Waals surface area contributed by atoms with Gasteiger partial charge in [-0.25, -0.2) is 21.6 Å². The SMILES string of the molecule is CCS(=O)(=O)NCc1ccc(S(=O)(=O)Nc2cccc3c(Cl)c[nH]c23)cc1. The number of nitrogens with one attached hydrogen (secondary N) is 3. The summed E-state index contributed by atoms with van der Waals surface area (Å²) in [6.45, 7) is 1.64. The molecule has 1 heterocycles. The molecule has 0 aliphatic carbocycles. The smallest absolute Gasteiger partial charge is 0.261 e. The van der Waals surface area contributed by atoms with Gasteiger partial charge in [-0.15, -0.1) is 0 Å². The zero-order valence-corrected chi connectivity index (χ0v) is 16.7. The highest BCUT2D eigenvalue weighted by Crippen LogP contribution is 2.29. The van der Waals surface area contributed by atoms with E-state index >= 15 is 0 Å². The molecule has 0 aliphatic rings. The Morgan fingerprint density at radius 3 is 2.41 bits per heavy atom. The van der Waals surface area contributed by atoms with Crippen LogP contribution in [0.1, 0.15) is 12.5 Å². The minimum absolute atomic E-state index is 0.0162. The van der Waals surface area contributed by atoms with Crippen LogP contribution in [-0.2, 0) is 26.6 Å². The Labute approximate surface area is 162 Å². The number of benzene rings is 2. The van der Waals surface area contributed by atoms with Crippen LogP contribution in [0.4, 0.5) is 5.69 Å². The predicted octanol–water partition coefficient (Wildman–Crippen LogP) is 3.06. The second kappa shape index (κ2) is 7.51. The molecule has 1 aromatic heterocycles. The molecule has 3 aromatic rings. The largest absolute Gasteiger partial charge is 0.358 e. The van der Waals surface area contributed by atoms with Crippen molar-refractivity contribution in [3.05, 3.63) is 59.2 Å². The summed E-state index contributed by atoms with van der Waals surface area (Å²) < 4.78 is 53.3. The van der Waals surface area contributed by atoms with Crippen LogP contribution in [0, 0.1) is 0 Å². The number of aromatic amines is 1. The highest BCUT2D eigenvalue weighted by molar-refractivity contribution is 7.92. The number of rotatable bonds is 7. The maximum Gasteiger partial charge on any atom is 0.261 e. The Morgan fingerprint density at radius 2 is 1.74 bits per heavy atom. The lowest BCUT2D eigenvalue weighted by atomic mass is 10.2. The van der Waals surface area contributed by atoms with Gasteiger partial charge >= 0.3 is 0 Å². The molecule has 3 rings (SSSR count). The first-order valence-corrected chi connectivity index (χ1v) is 11.6. The Morgan fingerprint density at radius 1 is 1.04 bits per heavy atom. The van der Waals surface area contributed by atoms with Crippen LogP contribution in [-0.4, -0.2) is 27.6 Å². The lowest BCUT2D eigenvalue weighted by Gasteiger charge is -2.10. The Hall–Kier alpha value is -2.07. The molecule has 10 heteroatoms. The van der Waals surface area contributed by atoms with Crippen LogP contribution in [0.2, 0.25) is 5.02 Å². The fourth-order valence-corrected chi connectivity index (χ4v) is 4.37. The van der Waals surface area contributed by atoms with Crippen LogP contribution in [0.3, 0.4) is 0 Å². The van der Waals surface area contributed by atoms with Crippen molar-refractivity contribution in [2.24, 2.45) is 0 Å². The number of hydrogen-bond donors (Lipinski definition) is 3. The van der Waals surface area contributed by atoms with Crippen molar-refractivity contribution in [3.63, 3.8) is 0 Å². The van der Waals surface area contributed by atoms with Crippen LogP contribution < -0.4 is 9.44 Å². The number of anilines is 1. The van der Waals surface area contributed by atoms with E-state index in [9.17, 15) is 16.8 Å². The van der Waals surface area contributed by atoms with Crippen LogP contribution in [0.25, 0.3) is 10.9 Å². The minimum atomic E-state index is -3.81. The molecule has 0 saturated heterocycles. The number of sulfonamides is 2. The third-order valence-corrected chi connectivity index (χ3v) is 7.06. The molecule has 0 unspecified atom stereocenters. The second-order valence-corrected chi connectivity index (χ2v) is 10.0. The molecule has 3 N–H and O–H groups in total. The summed E-state index contributed by atoms with van der Waals surface area (Å²) in [4.78, 5) is 3.02. The molecular weight excluding hydrogens is 410 g/mol. The average molecular weight is 428 g/mol. The van der Waals surface area contributed by atoms with Gasteiger partial charge in [0.15, 0.2) is 0 Å². The molecule has 0 spiro atoms. The number of aromatic nitrogens is 1. The molecule has 2 aromatic carbocycles. The lowest BCUT2D eigenvalue weighted by Crippen LogP contribution is -2.24. The zero-order chi connectivity index (χ0) is 19.7. The normalized spacial score (nSPS) is 12.4. The van der Waals surface area contributed by atoms with Crippen molar-refractivity contribution < 1.29 is 16.8 Å². The fourth-order valence-electron chi connectivity index (χ4n) is 2.49. The van der Waals surface area contributed by atoms with Crippen molar-refractivity contribution >= 4 is 48.2 Å². The molecule has 0 bridgehead atoms. The van der Waals surface area contributed by atoms with E-state index in [1.54, 1.807) is 43.5 Å². The summed E-state index contributed by atoms with van der Waals surface area (Å²) in [6, 6.07) is 11.1. The van der Waals surface area contributed by atoms with Gasteiger partial charge in [0.1, 0.15) is 0 Å². The van der Waals surface area contributed by atoms with Gasteiger partial charge in [0.2, 0.25) is 10.0 Å². The first-order valence-electron chi connectivity index (χ1n) is 8.06. The molecule has 0 amide bonds. The summed E-state index contributed by atoms with van der Waals surface area (Å²) in [7, 11) is -7.12. The Kier molecular flexibility index (Phi) is 5.48. The van der Waals surface area contributed by atoms with Crippen LogP contribution in [0.5, 0.6) is 0 Å². The Bertz CT molecular complexity index is 1170. The third-order valence-electron chi connectivity index (χ3n) is 4.02. The van der Waals surface area contributed by atoms with E-state index in [2.05, 4.69) is 14.4 Å². The maximum atomic E-state index is 12.7. The topological polar surface area (TPSA) is 108 Å². The molecule has 0 fully saturated rings. The molecule has 27 heavy (non-hydrogen) atoms. The van der Waals surface area contributed by atoms with Crippen LogP contribution >= 0.6 is 11.6 Å². The fraction of sp³-hybridized carbons (Fsp3) is 0.176. The highest BCUT2D eigenvalue weighted by Gasteiger charge is 2.17.